The molecule has 7 nitrogen and oxygen atoms in total. The third-order valence-corrected chi connectivity index (χ3v) is 5.39. The fourth-order valence-corrected chi connectivity index (χ4v) is 3.51. The highest BCUT2D eigenvalue weighted by Gasteiger charge is 2.38. The molecule has 0 unspecified atom stereocenters. The number of ether oxygens (including phenoxy) is 2. The highest BCUT2D eigenvalue weighted by molar-refractivity contribution is 6.34. The first-order chi connectivity index (χ1) is 12.6. The molecular weight excluding hydrogens is 358 g/mol. The van der Waals surface area contributed by atoms with Crippen LogP contribution in [0.4, 0.5) is 5.69 Å². The Morgan fingerprint density at radius 2 is 1.81 bits per heavy atom. The second-order valence-corrected chi connectivity index (χ2v) is 7.06. The predicted octanol–water partition coefficient (Wildman–Crippen LogP) is 1.51. The van der Waals surface area contributed by atoms with E-state index in [1.165, 1.54) is 0 Å². The number of carbonyl (C=O) groups is 2. The third kappa shape index (κ3) is 4.01. The SMILES string of the molecule is NCC1(C(=O)Nc2ccc(C(=O)N3CCOCC3)c(Cl)c2)CCOCC1. The summed E-state index contributed by atoms with van der Waals surface area (Å²) < 4.78 is 10.6. The van der Waals surface area contributed by atoms with Crippen LogP contribution in [-0.4, -0.2) is 62.8 Å². The fourth-order valence-electron chi connectivity index (χ4n) is 3.25. The van der Waals surface area contributed by atoms with Gasteiger partial charge in [-0.2, -0.15) is 0 Å². The van der Waals surface area contributed by atoms with Gasteiger partial charge in [0.05, 0.1) is 29.2 Å². The summed E-state index contributed by atoms with van der Waals surface area (Å²) in [7, 11) is 0. The van der Waals surface area contributed by atoms with E-state index in [-0.39, 0.29) is 18.4 Å². The van der Waals surface area contributed by atoms with Gasteiger partial charge in [0.1, 0.15) is 0 Å². The number of hydrogen-bond donors (Lipinski definition) is 2. The first-order valence-electron chi connectivity index (χ1n) is 8.81. The smallest absolute Gasteiger partial charge is 0.255 e. The van der Waals surface area contributed by atoms with Crippen molar-refractivity contribution in [2.45, 2.75) is 12.8 Å². The predicted molar refractivity (Wildman–Crippen MR) is 98.3 cm³/mol. The lowest BCUT2D eigenvalue weighted by atomic mass is 9.79. The Morgan fingerprint density at radius 3 is 2.42 bits per heavy atom. The Morgan fingerprint density at radius 1 is 1.15 bits per heavy atom. The van der Waals surface area contributed by atoms with Gasteiger partial charge >= 0.3 is 0 Å². The molecule has 142 valence electrons. The summed E-state index contributed by atoms with van der Waals surface area (Å²) in [6.45, 7) is 3.48. The van der Waals surface area contributed by atoms with Crippen molar-refractivity contribution >= 4 is 29.1 Å². The first kappa shape index (κ1) is 19.1. The van der Waals surface area contributed by atoms with Crippen molar-refractivity contribution in [2.24, 2.45) is 11.1 Å². The number of hydrogen-bond acceptors (Lipinski definition) is 5. The first-order valence-corrected chi connectivity index (χ1v) is 9.19. The Kier molecular flexibility index (Phi) is 6.13. The minimum Gasteiger partial charge on any atom is -0.381 e. The van der Waals surface area contributed by atoms with Crippen molar-refractivity contribution < 1.29 is 19.1 Å². The molecule has 1 aromatic rings. The van der Waals surface area contributed by atoms with Gasteiger partial charge in [-0.25, -0.2) is 0 Å². The highest BCUT2D eigenvalue weighted by Crippen LogP contribution is 2.31. The van der Waals surface area contributed by atoms with Gasteiger partial charge in [0, 0.05) is 38.5 Å². The van der Waals surface area contributed by atoms with Crippen molar-refractivity contribution in [3.8, 4) is 0 Å². The normalized spacial score (nSPS) is 19.8. The molecule has 2 aliphatic rings. The van der Waals surface area contributed by atoms with Gasteiger partial charge in [0.2, 0.25) is 5.91 Å². The quantitative estimate of drug-likeness (QED) is 0.824. The minimum atomic E-state index is -0.618. The van der Waals surface area contributed by atoms with E-state index in [4.69, 9.17) is 26.8 Å². The average molecular weight is 382 g/mol. The zero-order valence-corrected chi connectivity index (χ0v) is 15.4. The van der Waals surface area contributed by atoms with Crippen LogP contribution in [0.3, 0.4) is 0 Å². The second kappa shape index (κ2) is 8.35. The molecular formula is C18H24ClN3O4. The molecule has 2 aliphatic heterocycles. The molecule has 0 radical (unpaired) electrons. The van der Waals surface area contributed by atoms with Crippen LogP contribution < -0.4 is 11.1 Å². The Bertz CT molecular complexity index is 670. The number of carbonyl (C=O) groups excluding carboxylic acids is 2. The van der Waals surface area contributed by atoms with Crippen molar-refractivity contribution in [1.82, 2.24) is 4.90 Å². The van der Waals surface area contributed by atoms with Gasteiger partial charge in [-0.05, 0) is 31.0 Å². The summed E-state index contributed by atoms with van der Waals surface area (Å²) in [4.78, 5) is 27.0. The van der Waals surface area contributed by atoms with Crippen molar-refractivity contribution in [1.29, 1.82) is 0 Å². The van der Waals surface area contributed by atoms with Crippen LogP contribution in [0.5, 0.6) is 0 Å². The highest BCUT2D eigenvalue weighted by atomic mass is 35.5. The van der Waals surface area contributed by atoms with E-state index in [1.54, 1.807) is 23.1 Å². The number of nitrogens with two attached hydrogens (primary N) is 1. The number of halogens is 1. The molecule has 2 amide bonds. The number of morpholine rings is 1. The molecule has 2 heterocycles. The van der Waals surface area contributed by atoms with Crippen LogP contribution >= 0.6 is 11.6 Å². The van der Waals surface area contributed by atoms with Gasteiger partial charge in [-0.3, -0.25) is 9.59 Å². The molecule has 2 fully saturated rings. The lowest BCUT2D eigenvalue weighted by Crippen LogP contribution is -2.46. The summed E-state index contributed by atoms with van der Waals surface area (Å²) in [6, 6.07) is 4.95. The molecule has 26 heavy (non-hydrogen) atoms. The van der Waals surface area contributed by atoms with Gasteiger partial charge < -0.3 is 25.4 Å². The number of nitrogens with one attached hydrogen (secondary N) is 1. The molecule has 0 spiro atoms. The van der Waals surface area contributed by atoms with Crippen LogP contribution in [-0.2, 0) is 14.3 Å². The third-order valence-electron chi connectivity index (χ3n) is 5.08. The number of nitrogens with zero attached hydrogens (tertiary/aromatic N) is 1. The van der Waals surface area contributed by atoms with Crippen LogP contribution in [0, 0.1) is 5.41 Å². The molecule has 0 atom stereocenters. The molecule has 0 bridgehead atoms. The summed E-state index contributed by atoms with van der Waals surface area (Å²) in [5.41, 5.74) is 6.22. The summed E-state index contributed by atoms with van der Waals surface area (Å²) >= 11 is 6.31. The zero-order chi connectivity index (χ0) is 18.6. The van der Waals surface area contributed by atoms with E-state index in [0.29, 0.717) is 68.6 Å². The maximum Gasteiger partial charge on any atom is 0.255 e. The summed E-state index contributed by atoms with van der Waals surface area (Å²) in [5.74, 6) is -0.259. The van der Waals surface area contributed by atoms with E-state index in [9.17, 15) is 9.59 Å². The van der Waals surface area contributed by atoms with E-state index in [0.717, 1.165) is 0 Å². The van der Waals surface area contributed by atoms with Crippen molar-refractivity contribution in [3.05, 3.63) is 28.8 Å². The van der Waals surface area contributed by atoms with Gasteiger partial charge in [0.25, 0.3) is 5.91 Å². The topological polar surface area (TPSA) is 93.9 Å². The van der Waals surface area contributed by atoms with Crippen LogP contribution in [0.1, 0.15) is 23.2 Å². The molecule has 0 aromatic heterocycles. The Hall–Kier alpha value is -1.67. The maximum absolute atomic E-state index is 12.7. The maximum atomic E-state index is 12.7. The average Bonchev–Trinajstić information content (AvgIpc) is 2.68. The molecule has 1 aromatic carbocycles. The molecule has 0 aliphatic carbocycles. The molecule has 3 rings (SSSR count). The van der Waals surface area contributed by atoms with Crippen molar-refractivity contribution in [3.63, 3.8) is 0 Å². The lowest BCUT2D eigenvalue weighted by molar-refractivity contribution is -0.130. The molecule has 2 saturated heterocycles. The molecule has 8 heteroatoms. The monoisotopic (exact) mass is 381 g/mol. The van der Waals surface area contributed by atoms with E-state index in [2.05, 4.69) is 5.32 Å². The summed E-state index contributed by atoms with van der Waals surface area (Å²) in [5, 5.41) is 3.20. The van der Waals surface area contributed by atoms with E-state index < -0.39 is 5.41 Å². The zero-order valence-electron chi connectivity index (χ0n) is 14.6. The summed E-state index contributed by atoms with van der Waals surface area (Å²) in [6.07, 6.45) is 1.19. The van der Waals surface area contributed by atoms with Gasteiger partial charge in [0.15, 0.2) is 0 Å². The Labute approximate surface area is 157 Å². The Balaban J connectivity index is 1.70. The van der Waals surface area contributed by atoms with E-state index in [1.807, 2.05) is 0 Å². The van der Waals surface area contributed by atoms with Crippen LogP contribution in [0.25, 0.3) is 0 Å². The number of amides is 2. The van der Waals surface area contributed by atoms with E-state index >= 15 is 0 Å². The number of benzene rings is 1. The fraction of sp³-hybridized carbons (Fsp3) is 0.556. The van der Waals surface area contributed by atoms with Crippen LogP contribution in [0.2, 0.25) is 5.02 Å². The second-order valence-electron chi connectivity index (χ2n) is 6.65. The number of anilines is 1. The standard InChI is InChI=1S/C18H24ClN3O4/c19-15-11-13(21-17(24)18(12-20)3-7-25-8-4-18)1-2-14(15)16(23)22-5-9-26-10-6-22/h1-2,11H,3-10,12,20H2,(H,21,24). The largest absolute Gasteiger partial charge is 0.381 e. The van der Waals surface area contributed by atoms with Gasteiger partial charge in [-0.15, -0.1) is 0 Å². The van der Waals surface area contributed by atoms with Crippen LogP contribution in [0.15, 0.2) is 18.2 Å². The molecule has 0 saturated carbocycles. The van der Waals surface area contributed by atoms with Gasteiger partial charge in [-0.1, -0.05) is 11.6 Å². The number of rotatable bonds is 4. The minimum absolute atomic E-state index is 0.126. The molecule has 3 N–H and O–H groups in total. The van der Waals surface area contributed by atoms with Crippen molar-refractivity contribution in [2.75, 3.05) is 51.4 Å². The lowest BCUT2D eigenvalue weighted by Gasteiger charge is -2.34.